The first-order chi connectivity index (χ1) is 14.5. The van der Waals surface area contributed by atoms with Gasteiger partial charge in [0.05, 0.1) is 26.7 Å². The van der Waals surface area contributed by atoms with Crippen molar-refractivity contribution in [2.24, 2.45) is 0 Å². The summed E-state index contributed by atoms with van der Waals surface area (Å²) in [5.41, 5.74) is 1.20. The predicted molar refractivity (Wildman–Crippen MR) is 114 cm³/mol. The molecule has 3 rings (SSSR count). The lowest BCUT2D eigenvalue weighted by atomic mass is 9.72. The quantitative estimate of drug-likeness (QED) is 0.654. The highest BCUT2D eigenvalue weighted by atomic mass is 16.5. The fraction of sp³-hybridized carbons (Fsp3) is 0.417. The highest BCUT2D eigenvalue weighted by Crippen LogP contribution is 2.37. The van der Waals surface area contributed by atoms with Crippen molar-refractivity contribution in [3.05, 3.63) is 59.7 Å². The Labute approximate surface area is 177 Å². The largest absolute Gasteiger partial charge is 0.497 e. The van der Waals surface area contributed by atoms with Crippen LogP contribution >= 0.6 is 0 Å². The summed E-state index contributed by atoms with van der Waals surface area (Å²) in [4.78, 5) is 27.4. The maximum absolute atomic E-state index is 12.9. The van der Waals surface area contributed by atoms with E-state index in [1.165, 1.54) is 7.11 Å². The Bertz CT molecular complexity index is 872. The summed E-state index contributed by atoms with van der Waals surface area (Å²) in [7, 11) is 4.66. The molecule has 6 heteroatoms. The number of ether oxygens (including phenoxy) is 3. The van der Waals surface area contributed by atoms with Gasteiger partial charge in [0.2, 0.25) is 5.91 Å². The number of carbonyl (C=O) groups is 2. The summed E-state index contributed by atoms with van der Waals surface area (Å²) in [6.07, 6.45) is 2.05. The van der Waals surface area contributed by atoms with Crippen molar-refractivity contribution in [2.75, 3.05) is 34.4 Å². The van der Waals surface area contributed by atoms with Crippen molar-refractivity contribution >= 4 is 11.9 Å². The molecule has 30 heavy (non-hydrogen) atoms. The first kappa shape index (κ1) is 21.7. The molecule has 0 saturated carbocycles. The van der Waals surface area contributed by atoms with E-state index >= 15 is 0 Å². The fourth-order valence-electron chi connectivity index (χ4n) is 4.18. The first-order valence-corrected chi connectivity index (χ1v) is 10.2. The van der Waals surface area contributed by atoms with Crippen LogP contribution in [0.15, 0.2) is 48.5 Å². The lowest BCUT2D eigenvalue weighted by molar-refractivity contribution is -0.151. The zero-order chi connectivity index (χ0) is 21.6. The van der Waals surface area contributed by atoms with Gasteiger partial charge in [0.25, 0.3) is 0 Å². The van der Waals surface area contributed by atoms with Crippen LogP contribution in [-0.2, 0) is 26.2 Å². The average Bonchev–Trinajstić information content (AvgIpc) is 2.82. The summed E-state index contributed by atoms with van der Waals surface area (Å²) in [5, 5.41) is 0. The molecule has 1 fully saturated rings. The van der Waals surface area contributed by atoms with Crippen LogP contribution < -0.4 is 9.47 Å². The Kier molecular flexibility index (Phi) is 6.98. The van der Waals surface area contributed by atoms with Crippen LogP contribution in [0.3, 0.4) is 0 Å². The number of aryl methyl sites for hydroxylation is 1. The summed E-state index contributed by atoms with van der Waals surface area (Å²) in [6, 6.07) is 15.3. The molecule has 0 spiro atoms. The van der Waals surface area contributed by atoms with Gasteiger partial charge in [0.1, 0.15) is 11.5 Å². The van der Waals surface area contributed by atoms with Gasteiger partial charge in [-0.05, 0) is 48.6 Å². The Morgan fingerprint density at radius 3 is 2.27 bits per heavy atom. The van der Waals surface area contributed by atoms with Gasteiger partial charge in [-0.1, -0.05) is 30.3 Å². The number of carbonyl (C=O) groups excluding carboxylic acids is 2. The number of esters is 1. The number of methoxy groups -OCH3 is 3. The van der Waals surface area contributed by atoms with E-state index in [2.05, 4.69) is 0 Å². The third-order valence-electron chi connectivity index (χ3n) is 5.97. The van der Waals surface area contributed by atoms with Gasteiger partial charge in [0.15, 0.2) is 0 Å². The molecule has 1 aliphatic rings. The van der Waals surface area contributed by atoms with Crippen LogP contribution in [0.25, 0.3) is 0 Å². The normalized spacial score (nSPS) is 15.4. The second kappa shape index (κ2) is 9.65. The summed E-state index contributed by atoms with van der Waals surface area (Å²) >= 11 is 0. The summed E-state index contributed by atoms with van der Waals surface area (Å²) in [5.74, 6) is 1.33. The number of likely N-dealkylation sites (tertiary alicyclic amines) is 1. The zero-order valence-electron chi connectivity index (χ0n) is 17.8. The molecule has 0 radical (unpaired) electrons. The van der Waals surface area contributed by atoms with Crippen LogP contribution in [0.1, 0.15) is 30.4 Å². The van der Waals surface area contributed by atoms with Gasteiger partial charge in [-0.2, -0.15) is 0 Å². The number of benzene rings is 2. The average molecular weight is 411 g/mol. The van der Waals surface area contributed by atoms with Crippen molar-refractivity contribution in [1.29, 1.82) is 0 Å². The molecular weight excluding hydrogens is 382 g/mol. The Balaban J connectivity index is 1.66. The van der Waals surface area contributed by atoms with Crippen molar-refractivity contribution < 1.29 is 23.8 Å². The molecule has 0 aromatic heterocycles. The molecule has 0 unspecified atom stereocenters. The zero-order valence-corrected chi connectivity index (χ0v) is 17.8. The molecule has 1 saturated heterocycles. The molecule has 0 atom stereocenters. The van der Waals surface area contributed by atoms with Crippen LogP contribution in [0.2, 0.25) is 0 Å². The van der Waals surface area contributed by atoms with Crippen LogP contribution in [-0.4, -0.2) is 51.2 Å². The topological polar surface area (TPSA) is 65.1 Å². The van der Waals surface area contributed by atoms with Gasteiger partial charge < -0.3 is 19.1 Å². The highest BCUT2D eigenvalue weighted by Gasteiger charge is 2.44. The van der Waals surface area contributed by atoms with Crippen molar-refractivity contribution in [2.45, 2.75) is 31.1 Å². The Morgan fingerprint density at radius 2 is 1.67 bits per heavy atom. The monoisotopic (exact) mass is 411 g/mol. The molecule has 0 aliphatic carbocycles. The molecule has 0 N–H and O–H groups in total. The standard InChI is InChI=1S/C24H29NO5/c1-28-20-10-11-21(29-2)18(17-20)9-12-22(26)25-15-13-24(14-16-25,23(27)30-3)19-7-5-4-6-8-19/h4-8,10-11,17H,9,12-16H2,1-3H3. The van der Waals surface area contributed by atoms with E-state index in [4.69, 9.17) is 14.2 Å². The van der Waals surface area contributed by atoms with E-state index in [9.17, 15) is 9.59 Å². The van der Waals surface area contributed by atoms with E-state index in [0.29, 0.717) is 38.8 Å². The van der Waals surface area contributed by atoms with Crippen LogP contribution in [0, 0.1) is 0 Å². The number of hydrogen-bond acceptors (Lipinski definition) is 5. The molecule has 1 amide bonds. The maximum Gasteiger partial charge on any atom is 0.316 e. The predicted octanol–water partition coefficient (Wildman–Crippen LogP) is 3.37. The van der Waals surface area contributed by atoms with Gasteiger partial charge in [-0.3, -0.25) is 9.59 Å². The number of amides is 1. The summed E-state index contributed by atoms with van der Waals surface area (Å²) < 4.78 is 15.8. The third kappa shape index (κ3) is 4.42. The highest BCUT2D eigenvalue weighted by molar-refractivity contribution is 5.84. The van der Waals surface area contributed by atoms with Gasteiger partial charge >= 0.3 is 5.97 Å². The molecule has 2 aromatic rings. The van der Waals surface area contributed by atoms with Gasteiger partial charge in [-0.15, -0.1) is 0 Å². The van der Waals surface area contributed by atoms with Crippen molar-refractivity contribution in [3.8, 4) is 11.5 Å². The van der Waals surface area contributed by atoms with E-state index in [-0.39, 0.29) is 11.9 Å². The van der Waals surface area contributed by atoms with E-state index < -0.39 is 5.41 Å². The minimum absolute atomic E-state index is 0.0754. The molecule has 1 aliphatic heterocycles. The number of rotatable bonds is 7. The molecule has 6 nitrogen and oxygen atoms in total. The van der Waals surface area contributed by atoms with E-state index in [1.54, 1.807) is 14.2 Å². The van der Waals surface area contributed by atoms with Crippen LogP contribution in [0.5, 0.6) is 11.5 Å². The molecule has 160 valence electrons. The number of nitrogens with zero attached hydrogens (tertiary/aromatic N) is 1. The number of piperidine rings is 1. The minimum Gasteiger partial charge on any atom is -0.497 e. The fourth-order valence-corrected chi connectivity index (χ4v) is 4.18. The molecule has 0 bridgehead atoms. The molecular formula is C24H29NO5. The van der Waals surface area contributed by atoms with Gasteiger partial charge in [0, 0.05) is 19.5 Å². The van der Waals surface area contributed by atoms with E-state index in [0.717, 1.165) is 22.6 Å². The molecule has 1 heterocycles. The minimum atomic E-state index is -0.692. The second-order valence-electron chi connectivity index (χ2n) is 7.50. The maximum atomic E-state index is 12.9. The molecule has 2 aromatic carbocycles. The third-order valence-corrected chi connectivity index (χ3v) is 5.97. The Hall–Kier alpha value is -3.02. The number of hydrogen-bond donors (Lipinski definition) is 0. The van der Waals surface area contributed by atoms with Gasteiger partial charge in [-0.25, -0.2) is 0 Å². The van der Waals surface area contributed by atoms with Crippen molar-refractivity contribution in [1.82, 2.24) is 4.90 Å². The lowest BCUT2D eigenvalue weighted by Crippen LogP contribution is -2.49. The SMILES string of the molecule is COC(=O)C1(c2ccccc2)CCN(C(=O)CCc2cc(OC)ccc2OC)CC1. The smallest absolute Gasteiger partial charge is 0.316 e. The second-order valence-corrected chi connectivity index (χ2v) is 7.50. The Morgan fingerprint density at radius 1 is 0.967 bits per heavy atom. The van der Waals surface area contributed by atoms with Crippen molar-refractivity contribution in [3.63, 3.8) is 0 Å². The van der Waals surface area contributed by atoms with Crippen LogP contribution in [0.4, 0.5) is 0 Å². The summed E-state index contributed by atoms with van der Waals surface area (Å²) in [6.45, 7) is 1.05. The van der Waals surface area contributed by atoms with E-state index in [1.807, 2.05) is 53.4 Å². The first-order valence-electron chi connectivity index (χ1n) is 10.2. The lowest BCUT2D eigenvalue weighted by Gasteiger charge is -2.40.